The van der Waals surface area contributed by atoms with Gasteiger partial charge in [-0.15, -0.1) is 0 Å². The zero-order valence-corrected chi connectivity index (χ0v) is 13.7. The molecule has 0 amide bonds. The molecule has 8 heteroatoms. The minimum absolute atomic E-state index is 0.0459. The summed E-state index contributed by atoms with van der Waals surface area (Å²) in [6, 6.07) is 17.0. The average molecular weight is 351 g/mol. The van der Waals surface area contributed by atoms with Crippen LogP contribution in [-0.4, -0.2) is 18.4 Å². The fourth-order valence-corrected chi connectivity index (χ4v) is 2.96. The summed E-state index contributed by atoms with van der Waals surface area (Å²) in [4.78, 5) is 8.43. The first-order valence-corrected chi connectivity index (χ1v) is 8.74. The van der Waals surface area contributed by atoms with Crippen LogP contribution >= 0.6 is 0 Å². The maximum absolute atomic E-state index is 11.7. The molecule has 7 nitrogen and oxygen atoms in total. The molecule has 0 radical (unpaired) electrons. The Morgan fingerprint density at radius 3 is 2.64 bits per heavy atom. The van der Waals surface area contributed by atoms with E-state index < -0.39 is 10.0 Å². The molecule has 0 aliphatic carbocycles. The number of hydrogen-bond donors (Lipinski definition) is 2. The van der Waals surface area contributed by atoms with Crippen molar-refractivity contribution in [3.05, 3.63) is 66.4 Å². The number of anilines is 2. The number of sulfonamides is 1. The summed E-state index contributed by atoms with van der Waals surface area (Å²) in [6.45, 7) is 0. The van der Waals surface area contributed by atoms with Crippen molar-refractivity contribution in [3.8, 4) is 17.3 Å². The van der Waals surface area contributed by atoms with Crippen LogP contribution in [-0.2, 0) is 10.0 Å². The van der Waals surface area contributed by atoms with E-state index in [1.165, 1.54) is 6.07 Å². The van der Waals surface area contributed by atoms with Gasteiger partial charge in [0.1, 0.15) is 4.90 Å². The Labute approximate surface area is 144 Å². The highest BCUT2D eigenvalue weighted by atomic mass is 32.2. The minimum atomic E-state index is -3.88. The van der Waals surface area contributed by atoms with Crippen LogP contribution in [0.3, 0.4) is 0 Å². The van der Waals surface area contributed by atoms with Gasteiger partial charge in [-0.05, 0) is 30.3 Å². The number of para-hydroxylation sites is 1. The summed E-state index contributed by atoms with van der Waals surface area (Å²) >= 11 is 0. The molecule has 0 bridgehead atoms. The number of rotatable bonds is 4. The van der Waals surface area contributed by atoms with Gasteiger partial charge in [-0.3, -0.25) is 0 Å². The van der Waals surface area contributed by atoms with Gasteiger partial charge in [0.25, 0.3) is 0 Å². The fraction of sp³-hybridized carbons (Fsp3) is 0. The predicted molar refractivity (Wildman–Crippen MR) is 93.3 cm³/mol. The van der Waals surface area contributed by atoms with Gasteiger partial charge in [0.2, 0.25) is 16.0 Å². The molecule has 0 spiro atoms. The van der Waals surface area contributed by atoms with Crippen molar-refractivity contribution in [3.63, 3.8) is 0 Å². The molecule has 124 valence electrons. The molecule has 1 aromatic heterocycles. The second kappa shape index (κ2) is 6.68. The fourth-order valence-electron chi connectivity index (χ4n) is 2.27. The van der Waals surface area contributed by atoms with E-state index >= 15 is 0 Å². The third-order valence-corrected chi connectivity index (χ3v) is 4.35. The highest BCUT2D eigenvalue weighted by molar-refractivity contribution is 7.89. The van der Waals surface area contributed by atoms with E-state index in [0.29, 0.717) is 11.3 Å². The molecule has 1 heterocycles. The van der Waals surface area contributed by atoms with Gasteiger partial charge in [-0.2, -0.15) is 5.26 Å². The lowest BCUT2D eigenvalue weighted by atomic mass is 10.1. The van der Waals surface area contributed by atoms with Crippen LogP contribution in [0.2, 0.25) is 0 Å². The van der Waals surface area contributed by atoms with Crippen molar-refractivity contribution in [1.82, 2.24) is 9.97 Å². The van der Waals surface area contributed by atoms with E-state index in [1.54, 1.807) is 48.7 Å². The van der Waals surface area contributed by atoms with Crippen molar-refractivity contribution in [1.29, 1.82) is 5.26 Å². The van der Waals surface area contributed by atoms with Crippen LogP contribution in [0.15, 0.2) is 65.7 Å². The molecule has 0 aliphatic rings. The molecule has 3 aromatic rings. The lowest BCUT2D eigenvalue weighted by molar-refractivity contribution is 0.598. The van der Waals surface area contributed by atoms with Crippen LogP contribution < -0.4 is 10.5 Å². The number of hydrogen-bond acceptors (Lipinski definition) is 6. The number of nitriles is 1. The zero-order chi connectivity index (χ0) is 17.9. The van der Waals surface area contributed by atoms with E-state index in [0.717, 1.165) is 5.56 Å². The highest BCUT2D eigenvalue weighted by Gasteiger charge is 2.14. The summed E-state index contributed by atoms with van der Waals surface area (Å²) in [5.74, 6) is 0.218. The van der Waals surface area contributed by atoms with Gasteiger partial charge in [-0.25, -0.2) is 23.5 Å². The van der Waals surface area contributed by atoms with Crippen molar-refractivity contribution in [2.75, 3.05) is 5.32 Å². The van der Waals surface area contributed by atoms with Crippen molar-refractivity contribution >= 4 is 21.7 Å². The molecule has 3 rings (SSSR count). The van der Waals surface area contributed by atoms with Gasteiger partial charge in [0.15, 0.2) is 0 Å². The van der Waals surface area contributed by atoms with Crippen LogP contribution in [0.5, 0.6) is 0 Å². The SMILES string of the molecule is N#Cc1cccc(-c2ccnc(Nc3ccccc3S(N)(=O)=O)n2)c1. The third kappa shape index (κ3) is 3.80. The number of nitrogens with zero attached hydrogens (tertiary/aromatic N) is 3. The van der Waals surface area contributed by atoms with Gasteiger partial charge < -0.3 is 5.32 Å². The Hall–Kier alpha value is -3.28. The molecule has 0 atom stereocenters. The van der Waals surface area contributed by atoms with E-state index in [-0.39, 0.29) is 16.5 Å². The van der Waals surface area contributed by atoms with Crippen molar-refractivity contribution in [2.45, 2.75) is 4.90 Å². The first-order valence-electron chi connectivity index (χ1n) is 7.20. The Morgan fingerprint density at radius 1 is 1.08 bits per heavy atom. The summed E-state index contributed by atoms with van der Waals surface area (Å²) in [6.07, 6.45) is 1.54. The number of nitrogens with one attached hydrogen (secondary N) is 1. The van der Waals surface area contributed by atoms with Gasteiger partial charge in [0, 0.05) is 11.8 Å². The van der Waals surface area contributed by atoms with E-state index in [2.05, 4.69) is 21.4 Å². The molecule has 3 N–H and O–H groups in total. The molecular weight excluding hydrogens is 338 g/mol. The number of benzene rings is 2. The second-order valence-electron chi connectivity index (χ2n) is 5.12. The summed E-state index contributed by atoms with van der Waals surface area (Å²) < 4.78 is 23.3. The summed E-state index contributed by atoms with van der Waals surface area (Å²) in [5, 5.41) is 17.1. The summed E-state index contributed by atoms with van der Waals surface area (Å²) in [5.41, 5.74) is 2.16. The van der Waals surface area contributed by atoms with Gasteiger partial charge >= 0.3 is 0 Å². The van der Waals surface area contributed by atoms with E-state index in [9.17, 15) is 8.42 Å². The maximum atomic E-state index is 11.7. The highest BCUT2D eigenvalue weighted by Crippen LogP contribution is 2.24. The van der Waals surface area contributed by atoms with Gasteiger partial charge in [0.05, 0.1) is 23.0 Å². The first-order chi connectivity index (χ1) is 12.0. The standard InChI is InChI=1S/C17H13N5O2S/c18-11-12-4-3-5-13(10-12)14-8-9-20-17(21-14)22-15-6-1-2-7-16(15)25(19,23)24/h1-10H,(H2,19,23,24)(H,20,21,22). The lowest BCUT2D eigenvalue weighted by Gasteiger charge is -2.10. The van der Waals surface area contributed by atoms with Crippen LogP contribution in [0, 0.1) is 11.3 Å². The number of aromatic nitrogens is 2. The average Bonchev–Trinajstić information content (AvgIpc) is 2.61. The normalized spacial score (nSPS) is 10.9. The Kier molecular flexibility index (Phi) is 4.43. The molecule has 2 aromatic carbocycles. The Morgan fingerprint density at radius 2 is 1.88 bits per heavy atom. The Bertz CT molecular complexity index is 1070. The van der Waals surface area contributed by atoms with E-state index in [1.807, 2.05) is 6.07 Å². The first kappa shape index (κ1) is 16.6. The molecule has 0 saturated carbocycles. The molecule has 0 unspecified atom stereocenters. The minimum Gasteiger partial charge on any atom is -0.323 e. The quantitative estimate of drug-likeness (QED) is 0.744. The lowest BCUT2D eigenvalue weighted by Crippen LogP contribution is -2.14. The number of primary sulfonamides is 1. The van der Waals surface area contributed by atoms with Crippen molar-refractivity contribution in [2.24, 2.45) is 5.14 Å². The Balaban J connectivity index is 1.98. The monoisotopic (exact) mass is 351 g/mol. The van der Waals surface area contributed by atoms with Crippen molar-refractivity contribution < 1.29 is 8.42 Å². The van der Waals surface area contributed by atoms with Crippen LogP contribution in [0.4, 0.5) is 11.6 Å². The second-order valence-corrected chi connectivity index (χ2v) is 6.65. The zero-order valence-electron chi connectivity index (χ0n) is 12.9. The largest absolute Gasteiger partial charge is 0.323 e. The maximum Gasteiger partial charge on any atom is 0.240 e. The smallest absolute Gasteiger partial charge is 0.240 e. The van der Waals surface area contributed by atoms with Crippen LogP contribution in [0.1, 0.15) is 5.56 Å². The van der Waals surface area contributed by atoms with Crippen LogP contribution in [0.25, 0.3) is 11.3 Å². The molecule has 0 aliphatic heterocycles. The predicted octanol–water partition coefficient (Wildman–Crippen LogP) is 2.41. The molecular formula is C17H13N5O2S. The molecule has 0 fully saturated rings. The molecule has 0 saturated heterocycles. The van der Waals surface area contributed by atoms with E-state index in [4.69, 9.17) is 10.4 Å². The third-order valence-electron chi connectivity index (χ3n) is 3.38. The molecule has 25 heavy (non-hydrogen) atoms. The number of nitrogens with two attached hydrogens (primary N) is 1. The van der Waals surface area contributed by atoms with Gasteiger partial charge in [-0.1, -0.05) is 24.3 Å². The topological polar surface area (TPSA) is 122 Å². The summed E-state index contributed by atoms with van der Waals surface area (Å²) in [7, 11) is -3.88.